The van der Waals surface area contributed by atoms with Crippen molar-refractivity contribution in [2.45, 2.75) is 25.4 Å². The summed E-state index contributed by atoms with van der Waals surface area (Å²) in [7, 11) is 1.61. The number of nitrogens with one attached hydrogen (secondary N) is 1. The van der Waals surface area contributed by atoms with Gasteiger partial charge >= 0.3 is 0 Å². The number of methoxy groups -OCH3 is 1. The third kappa shape index (κ3) is 2.64. The SMILES string of the molecule is COc1cc(C)ccc1-c1noc(C2(O)CCNCC2)n1. The van der Waals surface area contributed by atoms with Crippen LogP contribution in [0.25, 0.3) is 11.4 Å². The normalized spacial score (nSPS) is 17.7. The van der Waals surface area contributed by atoms with E-state index in [2.05, 4.69) is 15.5 Å². The smallest absolute Gasteiger partial charge is 0.259 e. The molecular weight excluding hydrogens is 270 g/mol. The molecule has 112 valence electrons. The molecule has 2 aromatic rings. The van der Waals surface area contributed by atoms with Crippen LogP contribution >= 0.6 is 0 Å². The molecule has 0 aliphatic carbocycles. The van der Waals surface area contributed by atoms with E-state index >= 15 is 0 Å². The Bertz CT molecular complexity index is 633. The maximum atomic E-state index is 10.6. The number of hydrogen-bond donors (Lipinski definition) is 2. The van der Waals surface area contributed by atoms with Crippen molar-refractivity contribution in [1.29, 1.82) is 0 Å². The van der Waals surface area contributed by atoms with E-state index < -0.39 is 5.60 Å². The molecule has 21 heavy (non-hydrogen) atoms. The standard InChI is InChI=1S/C15H19N3O3/c1-10-3-4-11(12(9-10)20-2)13-17-14(21-18-13)15(19)5-7-16-8-6-15/h3-4,9,16,19H,5-8H2,1-2H3. The van der Waals surface area contributed by atoms with E-state index in [0.29, 0.717) is 24.4 Å². The van der Waals surface area contributed by atoms with Crippen molar-refractivity contribution in [1.82, 2.24) is 15.5 Å². The van der Waals surface area contributed by atoms with Crippen LogP contribution < -0.4 is 10.1 Å². The summed E-state index contributed by atoms with van der Waals surface area (Å²) in [6.07, 6.45) is 1.14. The van der Waals surface area contributed by atoms with Gasteiger partial charge in [0.1, 0.15) is 11.4 Å². The number of aliphatic hydroxyl groups is 1. The van der Waals surface area contributed by atoms with Gasteiger partial charge in [-0.3, -0.25) is 0 Å². The third-order valence-corrected chi connectivity index (χ3v) is 3.85. The lowest BCUT2D eigenvalue weighted by molar-refractivity contribution is -0.0228. The average molecular weight is 289 g/mol. The zero-order chi connectivity index (χ0) is 14.9. The number of benzene rings is 1. The van der Waals surface area contributed by atoms with Crippen LogP contribution in [0.3, 0.4) is 0 Å². The molecule has 2 heterocycles. The molecule has 0 saturated carbocycles. The van der Waals surface area contributed by atoms with Crippen LogP contribution in [0.5, 0.6) is 5.75 Å². The molecule has 1 aromatic heterocycles. The molecule has 1 aliphatic rings. The first-order valence-electron chi connectivity index (χ1n) is 7.05. The lowest BCUT2D eigenvalue weighted by Gasteiger charge is -2.28. The molecule has 0 radical (unpaired) electrons. The van der Waals surface area contributed by atoms with E-state index in [1.807, 2.05) is 25.1 Å². The molecule has 1 fully saturated rings. The van der Waals surface area contributed by atoms with Gasteiger partial charge in [0.2, 0.25) is 5.82 Å². The minimum Gasteiger partial charge on any atom is -0.496 e. The van der Waals surface area contributed by atoms with Crippen LogP contribution in [0.2, 0.25) is 0 Å². The maximum absolute atomic E-state index is 10.6. The number of nitrogens with zero attached hydrogens (tertiary/aromatic N) is 2. The molecule has 1 aromatic carbocycles. The van der Waals surface area contributed by atoms with Crippen molar-refractivity contribution in [3.05, 3.63) is 29.7 Å². The third-order valence-electron chi connectivity index (χ3n) is 3.85. The second-order valence-electron chi connectivity index (χ2n) is 5.41. The molecule has 0 bridgehead atoms. The molecule has 0 atom stereocenters. The molecule has 6 nitrogen and oxygen atoms in total. The van der Waals surface area contributed by atoms with Crippen LogP contribution in [0.1, 0.15) is 24.3 Å². The molecule has 0 spiro atoms. The van der Waals surface area contributed by atoms with E-state index in [9.17, 15) is 5.11 Å². The largest absolute Gasteiger partial charge is 0.496 e. The minimum absolute atomic E-state index is 0.279. The molecule has 1 saturated heterocycles. The summed E-state index contributed by atoms with van der Waals surface area (Å²) >= 11 is 0. The highest BCUT2D eigenvalue weighted by Gasteiger charge is 2.37. The molecule has 0 amide bonds. The van der Waals surface area contributed by atoms with Gasteiger partial charge in [-0.2, -0.15) is 4.98 Å². The topological polar surface area (TPSA) is 80.4 Å². The summed E-state index contributed by atoms with van der Waals surface area (Å²) < 4.78 is 10.7. The van der Waals surface area contributed by atoms with Gasteiger partial charge in [-0.1, -0.05) is 11.2 Å². The van der Waals surface area contributed by atoms with E-state index in [0.717, 1.165) is 24.2 Å². The van der Waals surface area contributed by atoms with Crippen LogP contribution in [-0.2, 0) is 5.60 Å². The highest BCUT2D eigenvalue weighted by molar-refractivity contribution is 5.64. The number of ether oxygens (including phenoxy) is 1. The van der Waals surface area contributed by atoms with Crippen LogP contribution in [-0.4, -0.2) is 35.4 Å². The summed E-state index contributed by atoms with van der Waals surface area (Å²) in [6.45, 7) is 3.47. The van der Waals surface area contributed by atoms with Crippen LogP contribution in [0, 0.1) is 6.92 Å². The van der Waals surface area contributed by atoms with Crippen molar-refractivity contribution < 1.29 is 14.4 Å². The van der Waals surface area contributed by atoms with Gasteiger partial charge in [0.05, 0.1) is 12.7 Å². The number of aryl methyl sites for hydroxylation is 1. The summed E-state index contributed by atoms with van der Waals surface area (Å²) in [5.41, 5.74) is 0.820. The Morgan fingerprint density at radius 3 is 2.81 bits per heavy atom. The Labute approximate surface area is 123 Å². The van der Waals surface area contributed by atoms with Gasteiger partial charge in [-0.05, 0) is 50.6 Å². The summed E-state index contributed by atoms with van der Waals surface area (Å²) in [5.74, 6) is 1.41. The lowest BCUT2D eigenvalue weighted by atomic mass is 9.92. The fourth-order valence-corrected chi connectivity index (χ4v) is 2.56. The minimum atomic E-state index is -1.03. The van der Waals surface area contributed by atoms with Crippen molar-refractivity contribution in [3.8, 4) is 17.1 Å². The summed E-state index contributed by atoms with van der Waals surface area (Å²) in [6, 6.07) is 5.78. The Hall–Kier alpha value is -1.92. The first-order chi connectivity index (χ1) is 10.1. The summed E-state index contributed by atoms with van der Waals surface area (Å²) in [4.78, 5) is 4.38. The first-order valence-corrected chi connectivity index (χ1v) is 7.05. The molecule has 3 rings (SSSR count). The van der Waals surface area contributed by atoms with E-state index in [1.54, 1.807) is 7.11 Å². The summed E-state index contributed by atoms with van der Waals surface area (Å²) in [5, 5.41) is 17.8. The Morgan fingerprint density at radius 2 is 2.10 bits per heavy atom. The van der Waals surface area contributed by atoms with E-state index in [-0.39, 0.29) is 5.89 Å². The highest BCUT2D eigenvalue weighted by Crippen LogP contribution is 2.33. The average Bonchev–Trinajstić information content (AvgIpc) is 2.98. The quantitative estimate of drug-likeness (QED) is 0.894. The Balaban J connectivity index is 1.95. The number of piperidine rings is 1. The fourth-order valence-electron chi connectivity index (χ4n) is 2.56. The molecule has 6 heteroatoms. The van der Waals surface area contributed by atoms with Gasteiger partial charge in [0, 0.05) is 0 Å². The number of hydrogen-bond acceptors (Lipinski definition) is 6. The fraction of sp³-hybridized carbons (Fsp3) is 0.467. The predicted octanol–water partition coefficient (Wildman–Crippen LogP) is 1.62. The van der Waals surface area contributed by atoms with Gasteiger partial charge in [0.15, 0.2) is 0 Å². The zero-order valence-corrected chi connectivity index (χ0v) is 12.2. The van der Waals surface area contributed by atoms with Crippen molar-refractivity contribution in [2.24, 2.45) is 0 Å². The van der Waals surface area contributed by atoms with Gasteiger partial charge in [-0.25, -0.2) is 0 Å². The number of aromatic nitrogens is 2. The zero-order valence-electron chi connectivity index (χ0n) is 12.2. The van der Waals surface area contributed by atoms with E-state index in [1.165, 1.54) is 0 Å². The van der Waals surface area contributed by atoms with Crippen LogP contribution in [0.15, 0.2) is 22.7 Å². The highest BCUT2D eigenvalue weighted by atomic mass is 16.5. The van der Waals surface area contributed by atoms with Gasteiger partial charge in [0.25, 0.3) is 5.89 Å². The molecule has 0 unspecified atom stereocenters. The van der Waals surface area contributed by atoms with Crippen molar-refractivity contribution in [3.63, 3.8) is 0 Å². The molecule has 2 N–H and O–H groups in total. The maximum Gasteiger partial charge on any atom is 0.259 e. The Morgan fingerprint density at radius 1 is 1.33 bits per heavy atom. The number of rotatable bonds is 3. The van der Waals surface area contributed by atoms with Gasteiger partial charge < -0.3 is 19.7 Å². The second-order valence-corrected chi connectivity index (χ2v) is 5.41. The molecule has 1 aliphatic heterocycles. The first kappa shape index (κ1) is 14.0. The second kappa shape index (κ2) is 5.46. The lowest BCUT2D eigenvalue weighted by Crippen LogP contribution is -2.39. The predicted molar refractivity (Wildman–Crippen MR) is 77.0 cm³/mol. The Kier molecular flexibility index (Phi) is 3.65. The van der Waals surface area contributed by atoms with Crippen molar-refractivity contribution in [2.75, 3.05) is 20.2 Å². The van der Waals surface area contributed by atoms with E-state index in [4.69, 9.17) is 9.26 Å². The van der Waals surface area contributed by atoms with Crippen LogP contribution in [0.4, 0.5) is 0 Å². The van der Waals surface area contributed by atoms with Crippen molar-refractivity contribution >= 4 is 0 Å². The monoisotopic (exact) mass is 289 g/mol. The molecular formula is C15H19N3O3. The van der Waals surface area contributed by atoms with Gasteiger partial charge in [-0.15, -0.1) is 0 Å².